The molecule has 0 spiro atoms. The summed E-state index contributed by atoms with van der Waals surface area (Å²) < 4.78 is 27.8. The first-order chi connectivity index (χ1) is 15.9. The SMILES string of the molecule is CCN1CCc2nc(NC(=O)c3ccc(S(=O)(=O)N4CCc5ccccc5C4)cc3)sc2C1.Cl. The molecule has 0 aliphatic carbocycles. The van der Waals surface area contributed by atoms with E-state index in [9.17, 15) is 13.2 Å². The minimum atomic E-state index is -3.63. The Morgan fingerprint density at radius 2 is 1.76 bits per heavy atom. The lowest BCUT2D eigenvalue weighted by molar-refractivity contribution is 0.102. The molecule has 0 atom stereocenters. The van der Waals surface area contributed by atoms with Gasteiger partial charge in [-0.1, -0.05) is 31.2 Å². The molecule has 0 saturated carbocycles. The second-order valence-corrected chi connectivity index (χ2v) is 11.4. The van der Waals surface area contributed by atoms with Crippen LogP contribution in [0, 0.1) is 0 Å². The maximum absolute atomic E-state index is 13.1. The van der Waals surface area contributed by atoms with Gasteiger partial charge in [-0.3, -0.25) is 15.0 Å². The van der Waals surface area contributed by atoms with Gasteiger partial charge in [-0.25, -0.2) is 13.4 Å². The van der Waals surface area contributed by atoms with Crippen LogP contribution in [0.5, 0.6) is 0 Å². The quantitative estimate of drug-likeness (QED) is 0.553. The Bertz CT molecular complexity index is 1290. The van der Waals surface area contributed by atoms with Gasteiger partial charge in [0.2, 0.25) is 10.0 Å². The highest BCUT2D eigenvalue weighted by Gasteiger charge is 2.28. The van der Waals surface area contributed by atoms with Crippen LogP contribution in [-0.4, -0.2) is 48.1 Å². The monoisotopic (exact) mass is 518 g/mol. The van der Waals surface area contributed by atoms with Crippen molar-refractivity contribution >= 4 is 44.8 Å². The van der Waals surface area contributed by atoms with Crippen LogP contribution >= 0.6 is 23.7 Å². The molecule has 2 aliphatic heterocycles. The number of aromatic nitrogens is 1. The molecule has 34 heavy (non-hydrogen) atoms. The molecule has 0 bridgehead atoms. The zero-order chi connectivity index (χ0) is 23.0. The minimum Gasteiger partial charge on any atom is -0.298 e. The Morgan fingerprint density at radius 3 is 2.50 bits per heavy atom. The molecule has 1 aromatic heterocycles. The minimum absolute atomic E-state index is 0. The number of likely N-dealkylation sites (N-methyl/N-ethyl adjacent to an activating group) is 1. The summed E-state index contributed by atoms with van der Waals surface area (Å²) in [6.07, 6.45) is 1.59. The van der Waals surface area contributed by atoms with Gasteiger partial charge in [0.25, 0.3) is 5.91 Å². The van der Waals surface area contributed by atoms with Gasteiger partial charge in [-0.15, -0.1) is 23.7 Å². The maximum Gasteiger partial charge on any atom is 0.257 e. The number of sulfonamides is 1. The third-order valence-electron chi connectivity index (χ3n) is 6.33. The number of hydrogen-bond acceptors (Lipinski definition) is 6. The Balaban J connectivity index is 0.00000274. The van der Waals surface area contributed by atoms with Crippen molar-refractivity contribution in [2.45, 2.75) is 37.8 Å². The molecular weight excluding hydrogens is 492 g/mol. The molecule has 1 N–H and O–H groups in total. The second-order valence-electron chi connectivity index (χ2n) is 8.34. The van der Waals surface area contributed by atoms with Crippen molar-refractivity contribution in [3.05, 3.63) is 75.8 Å². The lowest BCUT2D eigenvalue weighted by atomic mass is 10.0. The van der Waals surface area contributed by atoms with Crippen LogP contribution in [0.1, 0.15) is 39.0 Å². The van der Waals surface area contributed by atoms with Gasteiger partial charge in [0.15, 0.2) is 5.13 Å². The fourth-order valence-corrected chi connectivity index (χ4v) is 6.81. The smallest absolute Gasteiger partial charge is 0.257 e. The molecule has 180 valence electrons. The molecule has 0 unspecified atom stereocenters. The van der Waals surface area contributed by atoms with Gasteiger partial charge < -0.3 is 0 Å². The summed E-state index contributed by atoms with van der Waals surface area (Å²) in [5.41, 5.74) is 3.70. The van der Waals surface area contributed by atoms with Gasteiger partial charge in [0.05, 0.1) is 10.6 Å². The topological polar surface area (TPSA) is 82.6 Å². The molecule has 7 nitrogen and oxygen atoms in total. The van der Waals surface area contributed by atoms with Gasteiger partial charge in [-0.2, -0.15) is 4.31 Å². The molecule has 1 amide bonds. The number of amides is 1. The number of carbonyl (C=O) groups is 1. The van der Waals surface area contributed by atoms with Crippen molar-refractivity contribution in [3.8, 4) is 0 Å². The molecule has 5 rings (SSSR count). The summed E-state index contributed by atoms with van der Waals surface area (Å²) in [7, 11) is -3.63. The largest absolute Gasteiger partial charge is 0.298 e. The average molecular weight is 519 g/mol. The molecule has 3 aromatic rings. The molecule has 3 heterocycles. The lowest BCUT2D eigenvalue weighted by Crippen LogP contribution is -2.35. The van der Waals surface area contributed by atoms with Crippen LogP contribution in [0.2, 0.25) is 0 Å². The Labute approximate surface area is 210 Å². The van der Waals surface area contributed by atoms with E-state index >= 15 is 0 Å². The van der Waals surface area contributed by atoms with E-state index in [2.05, 4.69) is 22.1 Å². The summed E-state index contributed by atoms with van der Waals surface area (Å²) in [4.78, 5) is 21.1. The third kappa shape index (κ3) is 4.89. The number of nitrogens with zero attached hydrogens (tertiary/aromatic N) is 3. The number of rotatable bonds is 5. The summed E-state index contributed by atoms with van der Waals surface area (Å²) in [6.45, 7) is 5.81. The third-order valence-corrected chi connectivity index (χ3v) is 9.19. The van der Waals surface area contributed by atoms with Crippen molar-refractivity contribution in [3.63, 3.8) is 0 Å². The zero-order valence-electron chi connectivity index (χ0n) is 18.9. The fourth-order valence-electron chi connectivity index (χ4n) is 4.34. The number of benzene rings is 2. The molecule has 2 aromatic carbocycles. The molecular formula is C24H27ClN4O3S2. The first-order valence-corrected chi connectivity index (χ1v) is 13.4. The van der Waals surface area contributed by atoms with Crippen LogP contribution in [0.15, 0.2) is 53.4 Å². The van der Waals surface area contributed by atoms with Crippen LogP contribution in [0.3, 0.4) is 0 Å². The number of thiazole rings is 1. The standard InChI is InChI=1S/C24H26N4O3S2.ClH/c1-2-27-13-12-21-22(16-27)32-24(25-21)26-23(29)18-7-9-20(10-8-18)33(30,31)28-14-11-17-5-3-4-6-19(17)15-28;/h3-10H,2,11-16H2,1H3,(H,25,26,29);1H. The van der Waals surface area contributed by atoms with Crippen LogP contribution in [0.25, 0.3) is 0 Å². The highest BCUT2D eigenvalue weighted by atomic mass is 35.5. The van der Waals surface area contributed by atoms with Gasteiger partial charge in [0.1, 0.15) is 0 Å². The molecule has 0 saturated heterocycles. The predicted molar refractivity (Wildman–Crippen MR) is 136 cm³/mol. The summed E-state index contributed by atoms with van der Waals surface area (Å²) in [5, 5.41) is 3.46. The number of anilines is 1. The summed E-state index contributed by atoms with van der Waals surface area (Å²) in [5.74, 6) is -0.288. The van der Waals surface area contributed by atoms with E-state index in [0.717, 1.165) is 37.3 Å². The van der Waals surface area contributed by atoms with Crippen LogP contribution < -0.4 is 5.32 Å². The summed E-state index contributed by atoms with van der Waals surface area (Å²) >= 11 is 1.51. The lowest BCUT2D eigenvalue weighted by Gasteiger charge is -2.28. The number of nitrogens with one attached hydrogen (secondary N) is 1. The van der Waals surface area contributed by atoms with E-state index in [4.69, 9.17) is 0 Å². The van der Waals surface area contributed by atoms with E-state index in [-0.39, 0.29) is 23.2 Å². The van der Waals surface area contributed by atoms with Gasteiger partial charge >= 0.3 is 0 Å². The van der Waals surface area contributed by atoms with Crippen molar-refractivity contribution in [1.82, 2.24) is 14.2 Å². The first kappa shape index (κ1) is 24.8. The van der Waals surface area contributed by atoms with Crippen molar-refractivity contribution in [2.75, 3.05) is 25.0 Å². The first-order valence-electron chi connectivity index (χ1n) is 11.1. The average Bonchev–Trinajstić information content (AvgIpc) is 3.25. The highest BCUT2D eigenvalue weighted by molar-refractivity contribution is 7.89. The van der Waals surface area contributed by atoms with Crippen molar-refractivity contribution < 1.29 is 13.2 Å². The fraction of sp³-hybridized carbons (Fsp3) is 0.333. The van der Waals surface area contributed by atoms with E-state index in [1.165, 1.54) is 38.2 Å². The molecule has 10 heteroatoms. The zero-order valence-corrected chi connectivity index (χ0v) is 21.3. The number of carbonyl (C=O) groups excluding carboxylic acids is 1. The maximum atomic E-state index is 13.1. The van der Waals surface area contributed by atoms with E-state index in [1.54, 1.807) is 12.1 Å². The molecule has 0 fully saturated rings. The van der Waals surface area contributed by atoms with Gasteiger partial charge in [-0.05, 0) is 48.4 Å². The van der Waals surface area contributed by atoms with E-state index in [1.807, 2.05) is 24.3 Å². The molecule has 2 aliphatic rings. The van der Waals surface area contributed by atoms with Crippen LogP contribution in [-0.2, 0) is 36.0 Å². The van der Waals surface area contributed by atoms with Crippen LogP contribution in [0.4, 0.5) is 5.13 Å². The Hall–Kier alpha value is -2.30. The number of fused-ring (bicyclic) bond motifs is 2. The number of hydrogen-bond donors (Lipinski definition) is 1. The predicted octanol–water partition coefficient (Wildman–Crippen LogP) is 3.94. The van der Waals surface area contributed by atoms with E-state index in [0.29, 0.717) is 30.2 Å². The van der Waals surface area contributed by atoms with Crippen molar-refractivity contribution in [1.29, 1.82) is 0 Å². The second kappa shape index (κ2) is 10.1. The molecule has 0 radical (unpaired) electrons. The van der Waals surface area contributed by atoms with Gasteiger partial charge in [0, 0.05) is 43.0 Å². The highest BCUT2D eigenvalue weighted by Crippen LogP contribution is 2.29. The Morgan fingerprint density at radius 1 is 1.03 bits per heavy atom. The Kier molecular flexibility index (Phi) is 7.39. The van der Waals surface area contributed by atoms with Crippen molar-refractivity contribution in [2.24, 2.45) is 0 Å². The summed E-state index contributed by atoms with van der Waals surface area (Å²) in [6, 6.07) is 14.1. The van der Waals surface area contributed by atoms with E-state index < -0.39 is 10.0 Å². The normalized spacial score (nSPS) is 16.3. The number of halogens is 1.